The molecule has 0 saturated heterocycles. The molecule has 0 aromatic heterocycles. The summed E-state index contributed by atoms with van der Waals surface area (Å²) in [6, 6.07) is 12.1. The maximum Gasteiger partial charge on any atom is 0.211 e. The normalized spacial score (nSPS) is 12.1. The summed E-state index contributed by atoms with van der Waals surface area (Å²) in [6.07, 6.45) is 1.28. The molecule has 24 heavy (non-hydrogen) atoms. The summed E-state index contributed by atoms with van der Waals surface area (Å²) in [5, 5.41) is 0.473. The highest BCUT2D eigenvalue weighted by molar-refractivity contribution is 7.96. The number of hydrogen-bond donors (Lipinski definition) is 0. The Bertz CT molecular complexity index is 891. The minimum atomic E-state index is -3.97. The number of allylic oxidation sites excluding steroid dienone is 1. The van der Waals surface area contributed by atoms with E-state index in [0.29, 0.717) is 0 Å². The van der Waals surface area contributed by atoms with Gasteiger partial charge < -0.3 is 4.90 Å². The Morgan fingerprint density at radius 1 is 1.00 bits per heavy atom. The molecule has 0 unspecified atom stereocenters. The number of Topliss-reactive ketones (excluding diaryl/α,β-unsaturated/α-hetero) is 1. The molecule has 126 valence electrons. The van der Waals surface area contributed by atoms with E-state index in [1.807, 2.05) is 0 Å². The quantitative estimate of drug-likeness (QED) is 0.577. The van der Waals surface area contributed by atoms with E-state index in [1.165, 1.54) is 41.4 Å². The lowest BCUT2D eigenvalue weighted by Gasteiger charge is -2.13. The van der Waals surface area contributed by atoms with E-state index in [4.69, 9.17) is 23.2 Å². The Morgan fingerprint density at radius 3 is 2.17 bits per heavy atom. The van der Waals surface area contributed by atoms with Crippen molar-refractivity contribution in [2.24, 2.45) is 0 Å². The van der Waals surface area contributed by atoms with Crippen molar-refractivity contribution < 1.29 is 13.2 Å². The molecule has 0 aliphatic rings. The number of sulfone groups is 1. The van der Waals surface area contributed by atoms with Crippen LogP contribution in [0.5, 0.6) is 0 Å². The minimum absolute atomic E-state index is 0.0477. The zero-order chi connectivity index (χ0) is 17.9. The van der Waals surface area contributed by atoms with Crippen LogP contribution in [0.4, 0.5) is 0 Å². The topological polar surface area (TPSA) is 54.5 Å². The van der Waals surface area contributed by atoms with Crippen molar-refractivity contribution in [3.63, 3.8) is 0 Å². The first-order chi connectivity index (χ1) is 11.2. The maximum absolute atomic E-state index is 12.9. The molecule has 7 heteroatoms. The number of benzene rings is 2. The third kappa shape index (κ3) is 3.98. The van der Waals surface area contributed by atoms with Crippen LogP contribution in [-0.2, 0) is 9.84 Å². The number of ketones is 1. The number of hydrogen-bond acceptors (Lipinski definition) is 4. The molecule has 0 saturated carbocycles. The van der Waals surface area contributed by atoms with Crippen LogP contribution in [0.25, 0.3) is 0 Å². The second-order valence-corrected chi connectivity index (χ2v) is 7.96. The van der Waals surface area contributed by atoms with Crippen molar-refractivity contribution in [3.05, 3.63) is 75.2 Å². The average Bonchev–Trinajstić information content (AvgIpc) is 2.55. The summed E-state index contributed by atoms with van der Waals surface area (Å²) in [7, 11) is -0.690. The maximum atomic E-state index is 12.9. The first-order valence-corrected chi connectivity index (χ1v) is 9.15. The summed E-state index contributed by atoms with van der Waals surface area (Å²) in [5.74, 6) is -0.647. The lowest BCUT2D eigenvalue weighted by Crippen LogP contribution is -2.18. The van der Waals surface area contributed by atoms with E-state index in [-0.39, 0.29) is 25.4 Å². The molecule has 0 radical (unpaired) electrons. The predicted octanol–water partition coefficient (Wildman–Crippen LogP) is 4.05. The smallest absolute Gasteiger partial charge is 0.211 e. The number of carbonyl (C=O) groups excluding carboxylic acids is 1. The van der Waals surface area contributed by atoms with Gasteiger partial charge in [0.05, 0.1) is 14.9 Å². The van der Waals surface area contributed by atoms with Crippen LogP contribution in [0.1, 0.15) is 10.4 Å². The van der Waals surface area contributed by atoms with Crippen molar-refractivity contribution in [1.82, 2.24) is 4.90 Å². The molecule has 4 nitrogen and oxygen atoms in total. The van der Waals surface area contributed by atoms with E-state index in [0.717, 1.165) is 0 Å². The Hall–Kier alpha value is -1.82. The van der Waals surface area contributed by atoms with E-state index in [1.54, 1.807) is 32.3 Å². The largest absolute Gasteiger partial charge is 0.382 e. The molecule has 0 spiro atoms. The summed E-state index contributed by atoms with van der Waals surface area (Å²) >= 11 is 11.8. The first-order valence-electron chi connectivity index (χ1n) is 6.91. The summed E-state index contributed by atoms with van der Waals surface area (Å²) < 4.78 is 25.7. The van der Waals surface area contributed by atoms with Gasteiger partial charge in [0.25, 0.3) is 0 Å². The van der Waals surface area contributed by atoms with E-state index in [9.17, 15) is 13.2 Å². The first kappa shape index (κ1) is 18.5. The van der Waals surface area contributed by atoms with Gasteiger partial charge >= 0.3 is 0 Å². The van der Waals surface area contributed by atoms with E-state index < -0.39 is 15.6 Å². The molecule has 0 aliphatic heterocycles. The van der Waals surface area contributed by atoms with Gasteiger partial charge in [-0.15, -0.1) is 0 Å². The molecule has 0 N–H and O–H groups in total. The van der Waals surface area contributed by atoms with Gasteiger partial charge in [-0.1, -0.05) is 41.4 Å². The second kappa shape index (κ2) is 7.38. The van der Waals surface area contributed by atoms with Gasteiger partial charge in [-0.2, -0.15) is 0 Å². The molecule has 0 fully saturated rings. The lowest BCUT2D eigenvalue weighted by atomic mass is 10.1. The van der Waals surface area contributed by atoms with Crippen LogP contribution in [-0.4, -0.2) is 33.2 Å². The van der Waals surface area contributed by atoms with Crippen LogP contribution in [0, 0.1) is 0 Å². The second-order valence-electron chi connectivity index (χ2n) is 5.23. The zero-order valence-corrected chi connectivity index (χ0v) is 15.4. The van der Waals surface area contributed by atoms with Crippen LogP contribution < -0.4 is 0 Å². The standard InChI is InChI=1S/C17H15Cl2NO3S/c1-20(2)11-16(24(22,23)13-6-4-3-5-7-13)17(21)12-8-9-14(18)15(19)10-12/h3-11H,1-2H3/b16-11+. The van der Waals surface area contributed by atoms with Crippen LogP contribution in [0.2, 0.25) is 10.0 Å². The third-order valence-corrected chi connectivity index (χ3v) is 5.63. The van der Waals surface area contributed by atoms with Gasteiger partial charge in [-0.05, 0) is 30.3 Å². The molecule has 2 aromatic carbocycles. The van der Waals surface area contributed by atoms with Gasteiger partial charge in [-0.3, -0.25) is 4.79 Å². The molecular weight excluding hydrogens is 369 g/mol. The van der Waals surface area contributed by atoms with Gasteiger partial charge in [0.1, 0.15) is 4.91 Å². The highest BCUT2D eigenvalue weighted by Gasteiger charge is 2.28. The Labute approximate surface area is 151 Å². The molecule has 2 aromatic rings. The monoisotopic (exact) mass is 383 g/mol. The number of carbonyl (C=O) groups is 1. The average molecular weight is 384 g/mol. The van der Waals surface area contributed by atoms with Gasteiger partial charge in [-0.25, -0.2) is 8.42 Å². The van der Waals surface area contributed by atoms with E-state index in [2.05, 4.69) is 0 Å². The van der Waals surface area contributed by atoms with Crippen molar-refractivity contribution >= 4 is 38.8 Å². The van der Waals surface area contributed by atoms with E-state index >= 15 is 0 Å². The Balaban J connectivity index is 2.58. The SMILES string of the molecule is CN(C)/C=C(\C(=O)c1ccc(Cl)c(Cl)c1)S(=O)(=O)c1ccccc1. The van der Waals surface area contributed by atoms with Gasteiger partial charge in [0.15, 0.2) is 0 Å². The predicted molar refractivity (Wildman–Crippen MR) is 96.2 cm³/mol. The third-order valence-electron chi connectivity index (χ3n) is 3.12. The molecule has 0 bridgehead atoms. The Kier molecular flexibility index (Phi) is 5.70. The zero-order valence-electron chi connectivity index (χ0n) is 13.0. The van der Waals surface area contributed by atoms with Gasteiger partial charge in [0, 0.05) is 25.9 Å². The van der Waals surface area contributed by atoms with Crippen molar-refractivity contribution in [3.8, 4) is 0 Å². The number of halogens is 2. The van der Waals surface area contributed by atoms with Crippen LogP contribution >= 0.6 is 23.2 Å². The fourth-order valence-corrected chi connectivity index (χ4v) is 3.77. The minimum Gasteiger partial charge on any atom is -0.382 e. The molecular formula is C17H15Cl2NO3S. The highest BCUT2D eigenvalue weighted by atomic mass is 35.5. The lowest BCUT2D eigenvalue weighted by molar-refractivity contribution is 0.104. The van der Waals surface area contributed by atoms with Crippen LogP contribution in [0.3, 0.4) is 0 Å². The summed E-state index contributed by atoms with van der Waals surface area (Å²) in [6.45, 7) is 0. The highest BCUT2D eigenvalue weighted by Crippen LogP contribution is 2.27. The molecule has 2 rings (SSSR count). The van der Waals surface area contributed by atoms with Crippen molar-refractivity contribution in [2.75, 3.05) is 14.1 Å². The summed E-state index contributed by atoms with van der Waals surface area (Å²) in [4.78, 5) is 14.0. The number of rotatable bonds is 5. The molecule has 0 aliphatic carbocycles. The molecule has 0 atom stereocenters. The van der Waals surface area contributed by atoms with Crippen molar-refractivity contribution in [2.45, 2.75) is 4.90 Å². The molecule has 0 heterocycles. The molecule has 0 amide bonds. The fourth-order valence-electron chi connectivity index (χ4n) is 1.99. The van der Waals surface area contributed by atoms with Gasteiger partial charge in [0.2, 0.25) is 15.6 Å². The number of nitrogens with zero attached hydrogens (tertiary/aromatic N) is 1. The summed E-state index contributed by atoms with van der Waals surface area (Å²) in [5.41, 5.74) is 0.150. The van der Waals surface area contributed by atoms with Crippen LogP contribution in [0.15, 0.2) is 64.5 Å². The van der Waals surface area contributed by atoms with Crippen molar-refractivity contribution in [1.29, 1.82) is 0 Å². The Morgan fingerprint density at radius 2 is 1.62 bits per heavy atom. The fraction of sp³-hybridized carbons (Fsp3) is 0.118.